The van der Waals surface area contributed by atoms with Crippen molar-refractivity contribution in [2.24, 2.45) is 0 Å². The SMILES string of the molecule is O=C(O)c1coc(N2CCC(OCCO)CC2)n1. The van der Waals surface area contributed by atoms with Crippen LogP contribution in [-0.4, -0.2) is 53.6 Å². The highest BCUT2D eigenvalue weighted by Gasteiger charge is 2.23. The van der Waals surface area contributed by atoms with Gasteiger partial charge < -0.3 is 24.3 Å². The molecule has 2 N–H and O–H groups in total. The van der Waals surface area contributed by atoms with Crippen LogP contribution in [0.25, 0.3) is 0 Å². The second kappa shape index (κ2) is 5.83. The number of anilines is 1. The molecule has 0 saturated carbocycles. The Morgan fingerprint density at radius 2 is 2.28 bits per heavy atom. The predicted octanol–water partition coefficient (Wildman–Crippen LogP) is 0.351. The minimum Gasteiger partial charge on any atom is -0.476 e. The summed E-state index contributed by atoms with van der Waals surface area (Å²) in [5, 5.41) is 17.4. The number of ether oxygens (including phenoxy) is 1. The van der Waals surface area contributed by atoms with E-state index in [1.165, 1.54) is 0 Å². The van der Waals surface area contributed by atoms with Crippen molar-refractivity contribution >= 4 is 12.0 Å². The zero-order valence-corrected chi connectivity index (χ0v) is 9.91. The summed E-state index contributed by atoms with van der Waals surface area (Å²) in [6.45, 7) is 1.79. The van der Waals surface area contributed by atoms with Gasteiger partial charge in [0.2, 0.25) is 0 Å². The van der Waals surface area contributed by atoms with Gasteiger partial charge in [0.15, 0.2) is 5.69 Å². The van der Waals surface area contributed by atoms with Crippen LogP contribution >= 0.6 is 0 Å². The molecule has 1 aliphatic rings. The van der Waals surface area contributed by atoms with Gasteiger partial charge >= 0.3 is 5.97 Å². The molecule has 1 aromatic heterocycles. The van der Waals surface area contributed by atoms with Crippen LogP contribution in [0.4, 0.5) is 6.01 Å². The summed E-state index contributed by atoms with van der Waals surface area (Å²) in [5.41, 5.74) is -0.0800. The molecule has 7 nitrogen and oxygen atoms in total. The summed E-state index contributed by atoms with van der Waals surface area (Å²) < 4.78 is 10.6. The van der Waals surface area contributed by atoms with Crippen LogP contribution in [0.3, 0.4) is 0 Å². The van der Waals surface area contributed by atoms with E-state index in [9.17, 15) is 4.79 Å². The Kier molecular flexibility index (Phi) is 4.16. The Bertz CT molecular complexity index is 398. The van der Waals surface area contributed by atoms with Gasteiger partial charge in [-0.2, -0.15) is 4.98 Å². The summed E-state index contributed by atoms with van der Waals surface area (Å²) in [4.78, 5) is 16.5. The van der Waals surface area contributed by atoms with Crippen molar-refractivity contribution in [2.75, 3.05) is 31.2 Å². The lowest BCUT2D eigenvalue weighted by molar-refractivity contribution is 0.0154. The second-order valence-electron chi connectivity index (χ2n) is 4.10. The van der Waals surface area contributed by atoms with Crippen molar-refractivity contribution < 1.29 is 24.2 Å². The molecule has 1 saturated heterocycles. The third-order valence-corrected chi connectivity index (χ3v) is 2.87. The molecule has 0 radical (unpaired) electrons. The van der Waals surface area contributed by atoms with Crippen molar-refractivity contribution in [1.82, 2.24) is 4.98 Å². The van der Waals surface area contributed by atoms with Crippen LogP contribution in [0.1, 0.15) is 23.3 Å². The van der Waals surface area contributed by atoms with Crippen LogP contribution in [0.15, 0.2) is 10.7 Å². The number of aromatic nitrogens is 1. The highest BCUT2D eigenvalue weighted by atomic mass is 16.5. The molecule has 2 heterocycles. The summed E-state index contributed by atoms with van der Waals surface area (Å²) >= 11 is 0. The first-order chi connectivity index (χ1) is 8.70. The molecule has 18 heavy (non-hydrogen) atoms. The van der Waals surface area contributed by atoms with Crippen molar-refractivity contribution in [3.63, 3.8) is 0 Å². The fraction of sp³-hybridized carbons (Fsp3) is 0.636. The number of hydrogen-bond donors (Lipinski definition) is 2. The zero-order chi connectivity index (χ0) is 13.0. The molecule has 2 rings (SSSR count). The number of carbonyl (C=O) groups is 1. The Balaban J connectivity index is 1.86. The van der Waals surface area contributed by atoms with E-state index in [1.807, 2.05) is 4.90 Å². The molecule has 100 valence electrons. The smallest absolute Gasteiger partial charge is 0.357 e. The number of hydrogen-bond acceptors (Lipinski definition) is 6. The average Bonchev–Trinajstić information content (AvgIpc) is 2.87. The van der Waals surface area contributed by atoms with Gasteiger partial charge in [-0.25, -0.2) is 4.79 Å². The molecular weight excluding hydrogens is 240 g/mol. The average molecular weight is 256 g/mol. The lowest BCUT2D eigenvalue weighted by Gasteiger charge is -2.30. The molecule has 1 fully saturated rings. The van der Waals surface area contributed by atoms with E-state index >= 15 is 0 Å². The monoisotopic (exact) mass is 256 g/mol. The highest BCUT2D eigenvalue weighted by Crippen LogP contribution is 2.20. The van der Waals surface area contributed by atoms with Crippen molar-refractivity contribution in [2.45, 2.75) is 18.9 Å². The maximum Gasteiger partial charge on any atom is 0.357 e. The minimum absolute atomic E-state index is 0.0297. The Morgan fingerprint density at radius 3 is 2.83 bits per heavy atom. The van der Waals surface area contributed by atoms with Gasteiger partial charge in [0.05, 0.1) is 19.3 Å². The topological polar surface area (TPSA) is 96.0 Å². The third kappa shape index (κ3) is 2.99. The van der Waals surface area contributed by atoms with Crippen molar-refractivity contribution in [3.05, 3.63) is 12.0 Å². The lowest BCUT2D eigenvalue weighted by Crippen LogP contribution is -2.37. The van der Waals surface area contributed by atoms with E-state index < -0.39 is 5.97 Å². The number of oxazole rings is 1. The van der Waals surface area contributed by atoms with Gasteiger partial charge in [-0.1, -0.05) is 0 Å². The molecule has 0 amide bonds. The molecular formula is C11H16N2O5. The molecule has 0 atom stereocenters. The first-order valence-electron chi connectivity index (χ1n) is 5.87. The summed E-state index contributed by atoms with van der Waals surface area (Å²) in [7, 11) is 0. The second-order valence-corrected chi connectivity index (χ2v) is 4.10. The number of aromatic carboxylic acids is 1. The number of aliphatic hydroxyl groups excluding tert-OH is 1. The predicted molar refractivity (Wildman–Crippen MR) is 61.7 cm³/mol. The van der Waals surface area contributed by atoms with Crippen LogP contribution < -0.4 is 4.90 Å². The van der Waals surface area contributed by atoms with Crippen LogP contribution in [0.5, 0.6) is 0 Å². The number of piperidine rings is 1. The molecule has 1 aliphatic heterocycles. The fourth-order valence-electron chi connectivity index (χ4n) is 1.94. The minimum atomic E-state index is -1.09. The van der Waals surface area contributed by atoms with Crippen molar-refractivity contribution in [3.8, 4) is 0 Å². The highest BCUT2D eigenvalue weighted by molar-refractivity contribution is 5.85. The van der Waals surface area contributed by atoms with Crippen LogP contribution in [0, 0.1) is 0 Å². The Morgan fingerprint density at radius 1 is 1.56 bits per heavy atom. The summed E-state index contributed by atoms with van der Waals surface area (Å²) in [6.07, 6.45) is 2.91. The van der Waals surface area contributed by atoms with Gasteiger partial charge in [-0.05, 0) is 12.8 Å². The molecule has 0 spiro atoms. The molecule has 7 heteroatoms. The van der Waals surface area contributed by atoms with E-state index in [4.69, 9.17) is 19.4 Å². The maximum atomic E-state index is 10.7. The Hall–Kier alpha value is -1.60. The molecule has 0 unspecified atom stereocenters. The van der Waals surface area contributed by atoms with E-state index in [2.05, 4.69) is 4.98 Å². The number of aliphatic hydroxyl groups is 1. The van der Waals surface area contributed by atoms with E-state index in [0.29, 0.717) is 25.7 Å². The van der Waals surface area contributed by atoms with Crippen LogP contribution in [0.2, 0.25) is 0 Å². The van der Waals surface area contributed by atoms with Gasteiger partial charge in [0.1, 0.15) is 6.26 Å². The van der Waals surface area contributed by atoms with Gasteiger partial charge in [-0.3, -0.25) is 0 Å². The van der Waals surface area contributed by atoms with E-state index in [1.54, 1.807) is 0 Å². The van der Waals surface area contributed by atoms with E-state index in [0.717, 1.165) is 19.1 Å². The maximum absolute atomic E-state index is 10.7. The lowest BCUT2D eigenvalue weighted by atomic mass is 10.1. The quantitative estimate of drug-likeness (QED) is 0.784. The molecule has 0 aliphatic carbocycles. The molecule has 1 aromatic rings. The summed E-state index contributed by atoms with van der Waals surface area (Å²) in [6, 6.07) is 0.341. The Labute approximate surface area is 104 Å². The zero-order valence-electron chi connectivity index (χ0n) is 9.91. The molecule has 0 aromatic carbocycles. The molecule has 0 bridgehead atoms. The van der Waals surface area contributed by atoms with Gasteiger partial charge in [0, 0.05) is 13.1 Å². The first kappa shape index (κ1) is 12.8. The van der Waals surface area contributed by atoms with Gasteiger partial charge in [-0.15, -0.1) is 0 Å². The number of nitrogens with zero attached hydrogens (tertiary/aromatic N) is 2. The van der Waals surface area contributed by atoms with Crippen molar-refractivity contribution in [1.29, 1.82) is 0 Å². The van der Waals surface area contributed by atoms with Gasteiger partial charge in [0.25, 0.3) is 6.01 Å². The normalized spacial score (nSPS) is 17.1. The first-order valence-corrected chi connectivity index (χ1v) is 5.87. The van der Waals surface area contributed by atoms with E-state index in [-0.39, 0.29) is 18.4 Å². The standard InChI is InChI=1S/C11H16N2O5/c14-5-6-17-8-1-3-13(4-2-8)11-12-9(7-18-11)10(15)16/h7-8,14H,1-6H2,(H,15,16). The number of carboxylic acids is 1. The summed E-state index contributed by atoms with van der Waals surface area (Å²) in [5.74, 6) is -1.09. The fourth-order valence-corrected chi connectivity index (χ4v) is 1.94. The van der Waals surface area contributed by atoms with Crippen LogP contribution in [-0.2, 0) is 4.74 Å². The number of rotatable bonds is 5. The number of carboxylic acid groups (broad SMARTS) is 1. The largest absolute Gasteiger partial charge is 0.476 e. The third-order valence-electron chi connectivity index (χ3n) is 2.87.